The van der Waals surface area contributed by atoms with E-state index >= 15 is 0 Å². The normalized spacial score (nSPS) is 11.7. The van der Waals surface area contributed by atoms with Crippen molar-refractivity contribution >= 4 is 33.1 Å². The summed E-state index contributed by atoms with van der Waals surface area (Å²) in [6.07, 6.45) is 0. The molecule has 1 aromatic heterocycles. The predicted octanol–water partition coefficient (Wildman–Crippen LogP) is 3.21. The van der Waals surface area contributed by atoms with Crippen molar-refractivity contribution in [1.82, 2.24) is 4.57 Å². The molecule has 3 aromatic rings. The third-order valence-electron chi connectivity index (χ3n) is 3.83. The molecule has 128 valence electrons. The van der Waals surface area contributed by atoms with Gasteiger partial charge in [0.2, 0.25) is 0 Å². The summed E-state index contributed by atoms with van der Waals surface area (Å²) in [7, 11) is 3.40. The van der Waals surface area contributed by atoms with E-state index in [0.29, 0.717) is 10.6 Å². The van der Waals surface area contributed by atoms with Crippen LogP contribution in [0.1, 0.15) is 15.9 Å². The number of nitro benzene ring substituents is 1. The van der Waals surface area contributed by atoms with Crippen molar-refractivity contribution in [1.29, 1.82) is 0 Å². The lowest BCUT2D eigenvalue weighted by Crippen LogP contribution is -2.13. The second-order valence-corrected chi connectivity index (χ2v) is 6.41. The lowest BCUT2D eigenvalue weighted by molar-refractivity contribution is -0.384. The topological polar surface area (TPSA) is 86.7 Å². The maximum Gasteiger partial charge on any atom is 0.279 e. The fourth-order valence-electron chi connectivity index (χ4n) is 2.52. The summed E-state index contributed by atoms with van der Waals surface area (Å²) in [4.78, 5) is 27.4. The minimum atomic E-state index is -0.537. The van der Waals surface area contributed by atoms with Crippen molar-refractivity contribution in [2.45, 2.75) is 6.92 Å². The molecule has 8 heteroatoms. The number of amides is 1. The molecule has 0 unspecified atom stereocenters. The van der Waals surface area contributed by atoms with Gasteiger partial charge < -0.3 is 9.30 Å². The molecule has 0 aliphatic heterocycles. The average molecular weight is 357 g/mol. The first-order valence-electron chi connectivity index (χ1n) is 7.39. The standard InChI is InChI=1S/C17H15N3O4S/c1-10-7-8-13(24-3)14-15(10)25-17(19(14)2)18-16(21)11-5-4-6-12(9-11)20(22)23/h4-9H,1-3H3. The van der Waals surface area contributed by atoms with Gasteiger partial charge in [0.15, 0.2) is 4.80 Å². The van der Waals surface area contributed by atoms with Gasteiger partial charge in [-0.2, -0.15) is 4.99 Å². The molecule has 25 heavy (non-hydrogen) atoms. The van der Waals surface area contributed by atoms with Crippen molar-refractivity contribution in [2.24, 2.45) is 12.0 Å². The smallest absolute Gasteiger partial charge is 0.279 e. The molecule has 0 spiro atoms. The molecule has 7 nitrogen and oxygen atoms in total. The molecule has 0 N–H and O–H groups in total. The van der Waals surface area contributed by atoms with Gasteiger partial charge in [0.25, 0.3) is 11.6 Å². The molecule has 0 saturated heterocycles. The van der Waals surface area contributed by atoms with Gasteiger partial charge in [0, 0.05) is 24.7 Å². The number of nitro groups is 1. The molecule has 0 saturated carbocycles. The lowest BCUT2D eigenvalue weighted by Gasteiger charge is -2.05. The first-order chi connectivity index (χ1) is 11.9. The number of non-ortho nitro benzene ring substituents is 1. The van der Waals surface area contributed by atoms with Gasteiger partial charge in [-0.3, -0.25) is 14.9 Å². The maximum absolute atomic E-state index is 12.4. The molecule has 1 amide bonds. The van der Waals surface area contributed by atoms with E-state index in [9.17, 15) is 14.9 Å². The van der Waals surface area contributed by atoms with Crippen LogP contribution in [0.5, 0.6) is 5.75 Å². The molecular weight excluding hydrogens is 342 g/mol. The number of thiazole rings is 1. The Labute approximate surface area is 147 Å². The number of carbonyl (C=O) groups excluding carboxylic acids is 1. The number of rotatable bonds is 3. The Kier molecular flexibility index (Phi) is 4.37. The van der Waals surface area contributed by atoms with Gasteiger partial charge in [-0.25, -0.2) is 0 Å². The van der Waals surface area contributed by atoms with E-state index in [4.69, 9.17) is 4.74 Å². The number of aromatic nitrogens is 1. The van der Waals surface area contributed by atoms with Crippen LogP contribution in [0.15, 0.2) is 41.4 Å². The first-order valence-corrected chi connectivity index (χ1v) is 8.20. The van der Waals surface area contributed by atoms with Gasteiger partial charge in [-0.1, -0.05) is 23.5 Å². The largest absolute Gasteiger partial charge is 0.495 e. The third kappa shape index (κ3) is 3.03. The number of aryl methyl sites for hydroxylation is 2. The fourth-order valence-corrected chi connectivity index (χ4v) is 3.62. The fraction of sp³-hybridized carbons (Fsp3) is 0.176. The van der Waals surface area contributed by atoms with Crippen LogP contribution in [-0.2, 0) is 7.05 Å². The molecular formula is C17H15N3O4S. The number of methoxy groups -OCH3 is 1. The Balaban J connectivity index is 2.14. The second kappa shape index (κ2) is 6.48. The minimum absolute atomic E-state index is 0.140. The van der Waals surface area contributed by atoms with Crippen molar-refractivity contribution in [3.8, 4) is 5.75 Å². The number of ether oxygens (including phenoxy) is 1. The molecule has 0 fully saturated rings. The van der Waals surface area contributed by atoms with Crippen LogP contribution >= 0.6 is 11.3 Å². The summed E-state index contributed by atoms with van der Waals surface area (Å²) in [5.74, 6) is 0.172. The first kappa shape index (κ1) is 16.8. The highest BCUT2D eigenvalue weighted by atomic mass is 32.1. The summed E-state index contributed by atoms with van der Waals surface area (Å²) in [5, 5.41) is 10.9. The van der Waals surface area contributed by atoms with Gasteiger partial charge in [0.05, 0.1) is 16.7 Å². The molecule has 0 bridgehead atoms. The molecule has 0 atom stereocenters. The number of carbonyl (C=O) groups is 1. The van der Waals surface area contributed by atoms with Crippen LogP contribution in [0.25, 0.3) is 10.2 Å². The third-order valence-corrected chi connectivity index (χ3v) is 5.10. The van der Waals surface area contributed by atoms with E-state index in [-0.39, 0.29) is 11.3 Å². The van der Waals surface area contributed by atoms with Crippen LogP contribution in [0.2, 0.25) is 0 Å². The van der Waals surface area contributed by atoms with E-state index in [1.165, 1.54) is 35.6 Å². The van der Waals surface area contributed by atoms with E-state index < -0.39 is 10.8 Å². The summed E-state index contributed by atoms with van der Waals surface area (Å²) >= 11 is 1.38. The summed E-state index contributed by atoms with van der Waals surface area (Å²) < 4.78 is 8.16. The number of nitrogens with zero attached hydrogens (tertiary/aromatic N) is 3. The number of hydrogen-bond donors (Lipinski definition) is 0. The van der Waals surface area contributed by atoms with Crippen LogP contribution in [0, 0.1) is 17.0 Å². The summed E-state index contributed by atoms with van der Waals surface area (Å²) in [5.41, 5.74) is 1.95. The highest BCUT2D eigenvalue weighted by Gasteiger charge is 2.14. The molecule has 0 aliphatic carbocycles. The SMILES string of the molecule is COc1ccc(C)c2sc(=NC(=O)c3cccc([N+](=O)[O-])c3)n(C)c12. The van der Waals surface area contributed by atoms with Crippen LogP contribution in [0.3, 0.4) is 0 Å². The van der Waals surface area contributed by atoms with Gasteiger partial charge in [-0.15, -0.1) is 0 Å². The van der Waals surface area contributed by atoms with E-state index in [2.05, 4.69) is 4.99 Å². The Morgan fingerprint density at radius 3 is 2.76 bits per heavy atom. The Morgan fingerprint density at radius 1 is 1.32 bits per heavy atom. The quantitative estimate of drug-likeness (QED) is 0.532. The zero-order valence-corrected chi connectivity index (χ0v) is 14.7. The second-order valence-electron chi connectivity index (χ2n) is 5.43. The summed E-state index contributed by atoms with van der Waals surface area (Å²) in [6, 6.07) is 9.37. The number of hydrogen-bond acceptors (Lipinski definition) is 5. The van der Waals surface area contributed by atoms with Gasteiger partial charge in [0.1, 0.15) is 11.3 Å². The highest BCUT2D eigenvalue weighted by Crippen LogP contribution is 2.29. The van der Waals surface area contributed by atoms with Gasteiger partial charge in [-0.05, 0) is 24.6 Å². The Hall–Kier alpha value is -3.00. The summed E-state index contributed by atoms with van der Waals surface area (Å²) in [6.45, 7) is 1.98. The molecule has 3 rings (SSSR count). The van der Waals surface area contributed by atoms with Crippen molar-refractivity contribution < 1.29 is 14.5 Å². The van der Waals surface area contributed by atoms with Crippen molar-refractivity contribution in [3.05, 3.63) is 62.4 Å². The lowest BCUT2D eigenvalue weighted by atomic mass is 10.2. The van der Waals surface area contributed by atoms with E-state index in [1.807, 2.05) is 19.1 Å². The monoisotopic (exact) mass is 357 g/mol. The Bertz CT molecular complexity index is 1070. The molecule has 1 heterocycles. The van der Waals surface area contributed by atoms with E-state index in [0.717, 1.165) is 15.8 Å². The molecule has 0 radical (unpaired) electrons. The number of benzene rings is 2. The number of fused-ring (bicyclic) bond motifs is 1. The maximum atomic E-state index is 12.4. The molecule has 2 aromatic carbocycles. The van der Waals surface area contributed by atoms with Crippen LogP contribution in [-0.4, -0.2) is 22.5 Å². The highest BCUT2D eigenvalue weighted by molar-refractivity contribution is 7.16. The zero-order chi connectivity index (χ0) is 18.1. The predicted molar refractivity (Wildman–Crippen MR) is 95.1 cm³/mol. The van der Waals surface area contributed by atoms with Crippen LogP contribution in [0.4, 0.5) is 5.69 Å². The van der Waals surface area contributed by atoms with Crippen LogP contribution < -0.4 is 9.54 Å². The average Bonchev–Trinajstić information content (AvgIpc) is 2.93. The zero-order valence-electron chi connectivity index (χ0n) is 13.8. The molecule has 0 aliphatic rings. The minimum Gasteiger partial charge on any atom is -0.495 e. The van der Waals surface area contributed by atoms with E-state index in [1.54, 1.807) is 18.7 Å². The van der Waals surface area contributed by atoms with Gasteiger partial charge >= 0.3 is 0 Å². The van der Waals surface area contributed by atoms with Crippen molar-refractivity contribution in [2.75, 3.05) is 7.11 Å². The van der Waals surface area contributed by atoms with Crippen molar-refractivity contribution in [3.63, 3.8) is 0 Å². The Morgan fingerprint density at radius 2 is 2.08 bits per heavy atom.